The lowest BCUT2D eigenvalue weighted by Crippen LogP contribution is -2.49. The SMILES string of the molecule is CCCC(C(=O)NC(C)C(=O)NCCOC)C(N)=S. The standard InChI is InChI=1S/C12H23N3O3S/c1-4-5-9(10(13)19)12(17)15-8(2)11(16)14-6-7-18-3/h8-9H,4-7H2,1-3H3,(H2,13,19)(H,14,16)(H,15,17). The van der Waals surface area contributed by atoms with E-state index in [1.165, 1.54) is 0 Å². The van der Waals surface area contributed by atoms with Gasteiger partial charge in [-0.05, 0) is 13.3 Å². The van der Waals surface area contributed by atoms with Crippen LogP contribution >= 0.6 is 12.2 Å². The summed E-state index contributed by atoms with van der Waals surface area (Å²) in [5, 5.41) is 5.26. The summed E-state index contributed by atoms with van der Waals surface area (Å²) in [4.78, 5) is 23.8. The zero-order chi connectivity index (χ0) is 14.8. The molecule has 6 nitrogen and oxygen atoms in total. The summed E-state index contributed by atoms with van der Waals surface area (Å²) < 4.78 is 4.82. The van der Waals surface area contributed by atoms with E-state index in [1.807, 2.05) is 6.92 Å². The zero-order valence-electron chi connectivity index (χ0n) is 11.7. The third kappa shape index (κ3) is 7.07. The van der Waals surface area contributed by atoms with Gasteiger partial charge in [-0.25, -0.2) is 0 Å². The number of methoxy groups -OCH3 is 1. The van der Waals surface area contributed by atoms with Crippen LogP contribution in [0.2, 0.25) is 0 Å². The van der Waals surface area contributed by atoms with Crippen molar-refractivity contribution in [2.45, 2.75) is 32.7 Å². The number of nitrogens with two attached hydrogens (primary N) is 1. The van der Waals surface area contributed by atoms with Gasteiger partial charge in [0.1, 0.15) is 6.04 Å². The molecule has 0 aliphatic carbocycles. The summed E-state index contributed by atoms with van der Waals surface area (Å²) in [5.41, 5.74) is 5.53. The van der Waals surface area contributed by atoms with Gasteiger partial charge < -0.3 is 21.1 Å². The van der Waals surface area contributed by atoms with Gasteiger partial charge in [-0.3, -0.25) is 9.59 Å². The second kappa shape index (κ2) is 9.69. The minimum absolute atomic E-state index is 0.159. The van der Waals surface area contributed by atoms with Crippen LogP contribution in [0.15, 0.2) is 0 Å². The smallest absolute Gasteiger partial charge is 0.242 e. The molecular formula is C12H23N3O3S. The number of rotatable bonds is 9. The third-order valence-corrected chi connectivity index (χ3v) is 2.88. The Balaban J connectivity index is 4.28. The van der Waals surface area contributed by atoms with Gasteiger partial charge in [0.05, 0.1) is 17.5 Å². The Kier molecular flexibility index (Phi) is 9.07. The van der Waals surface area contributed by atoms with Crippen molar-refractivity contribution in [3.63, 3.8) is 0 Å². The molecule has 0 saturated carbocycles. The van der Waals surface area contributed by atoms with E-state index < -0.39 is 12.0 Å². The van der Waals surface area contributed by atoms with Crippen molar-refractivity contribution >= 4 is 29.0 Å². The van der Waals surface area contributed by atoms with E-state index in [0.29, 0.717) is 19.6 Å². The topological polar surface area (TPSA) is 93.5 Å². The number of carbonyl (C=O) groups excluding carboxylic acids is 2. The molecule has 0 aromatic rings. The van der Waals surface area contributed by atoms with Gasteiger partial charge in [-0.1, -0.05) is 25.6 Å². The summed E-state index contributed by atoms with van der Waals surface area (Å²) in [6.07, 6.45) is 1.38. The lowest BCUT2D eigenvalue weighted by Gasteiger charge is -2.18. The molecule has 0 rings (SSSR count). The molecule has 0 aromatic heterocycles. The summed E-state index contributed by atoms with van der Waals surface area (Å²) in [6, 6.07) is -0.627. The number of carbonyl (C=O) groups is 2. The van der Waals surface area contributed by atoms with Gasteiger partial charge in [0, 0.05) is 13.7 Å². The van der Waals surface area contributed by atoms with Crippen LogP contribution in [0.3, 0.4) is 0 Å². The minimum atomic E-state index is -0.627. The van der Waals surface area contributed by atoms with Gasteiger partial charge in [0.15, 0.2) is 0 Å². The molecule has 0 radical (unpaired) electrons. The van der Waals surface area contributed by atoms with E-state index >= 15 is 0 Å². The van der Waals surface area contributed by atoms with Crippen molar-refractivity contribution in [1.82, 2.24) is 10.6 Å². The number of thiocarbonyl (C=S) groups is 1. The van der Waals surface area contributed by atoms with Crippen molar-refractivity contribution in [1.29, 1.82) is 0 Å². The van der Waals surface area contributed by atoms with Crippen LogP contribution in [0.1, 0.15) is 26.7 Å². The van der Waals surface area contributed by atoms with Gasteiger partial charge >= 0.3 is 0 Å². The zero-order valence-corrected chi connectivity index (χ0v) is 12.5. The first kappa shape index (κ1) is 17.8. The largest absolute Gasteiger partial charge is 0.393 e. The molecule has 4 N–H and O–H groups in total. The van der Waals surface area contributed by atoms with Gasteiger partial charge in [-0.2, -0.15) is 0 Å². The van der Waals surface area contributed by atoms with Gasteiger partial charge in [0.25, 0.3) is 0 Å². The predicted molar refractivity (Wildman–Crippen MR) is 77.7 cm³/mol. The molecule has 0 aromatic carbocycles. The number of amides is 2. The molecule has 0 heterocycles. The van der Waals surface area contributed by atoms with Gasteiger partial charge in [0.2, 0.25) is 11.8 Å². The van der Waals surface area contributed by atoms with Crippen LogP contribution in [-0.2, 0) is 14.3 Å². The first-order valence-corrected chi connectivity index (χ1v) is 6.71. The highest BCUT2D eigenvalue weighted by atomic mass is 32.1. The van der Waals surface area contributed by atoms with Gasteiger partial charge in [-0.15, -0.1) is 0 Å². The Morgan fingerprint density at radius 1 is 1.37 bits per heavy atom. The molecule has 2 unspecified atom stereocenters. The van der Waals surface area contributed by atoms with Crippen molar-refractivity contribution in [2.24, 2.45) is 11.7 Å². The summed E-state index contributed by atoms with van der Waals surface area (Å²) in [6.45, 7) is 4.39. The van der Waals surface area contributed by atoms with E-state index in [9.17, 15) is 9.59 Å². The Morgan fingerprint density at radius 2 is 2.00 bits per heavy atom. The maximum atomic E-state index is 11.9. The molecular weight excluding hydrogens is 266 g/mol. The molecule has 19 heavy (non-hydrogen) atoms. The van der Waals surface area contributed by atoms with Crippen molar-refractivity contribution in [3.05, 3.63) is 0 Å². The lowest BCUT2D eigenvalue weighted by molar-refractivity contribution is -0.129. The Morgan fingerprint density at radius 3 is 2.47 bits per heavy atom. The van der Waals surface area contributed by atoms with E-state index in [1.54, 1.807) is 14.0 Å². The first-order valence-electron chi connectivity index (χ1n) is 6.30. The molecule has 0 aliphatic rings. The molecule has 0 bridgehead atoms. The molecule has 0 aliphatic heterocycles. The van der Waals surface area contributed by atoms with Crippen molar-refractivity contribution in [2.75, 3.05) is 20.3 Å². The minimum Gasteiger partial charge on any atom is -0.393 e. The third-order valence-electron chi connectivity index (χ3n) is 2.59. The quantitative estimate of drug-likeness (QED) is 0.409. The van der Waals surface area contributed by atoms with E-state index in [0.717, 1.165) is 6.42 Å². The van der Waals surface area contributed by atoms with E-state index in [4.69, 9.17) is 22.7 Å². The van der Waals surface area contributed by atoms with Crippen molar-refractivity contribution < 1.29 is 14.3 Å². The maximum Gasteiger partial charge on any atom is 0.242 e. The number of ether oxygens (including phenoxy) is 1. The molecule has 7 heteroatoms. The molecule has 0 fully saturated rings. The van der Waals surface area contributed by atoms with Crippen molar-refractivity contribution in [3.8, 4) is 0 Å². The average Bonchev–Trinajstić information content (AvgIpc) is 2.35. The molecule has 110 valence electrons. The summed E-state index contributed by atoms with van der Waals surface area (Å²) in [7, 11) is 1.55. The Labute approximate surface area is 119 Å². The van der Waals surface area contributed by atoms with Crippen LogP contribution in [0.4, 0.5) is 0 Å². The molecule has 0 saturated heterocycles. The molecule has 2 atom stereocenters. The normalized spacial score (nSPS) is 13.4. The highest BCUT2D eigenvalue weighted by molar-refractivity contribution is 7.80. The Bertz CT molecular complexity index is 323. The molecule has 2 amide bonds. The fourth-order valence-corrected chi connectivity index (χ4v) is 1.73. The average molecular weight is 289 g/mol. The monoisotopic (exact) mass is 289 g/mol. The predicted octanol–water partition coefficient (Wildman–Crippen LogP) is -0.0439. The number of hydrogen-bond donors (Lipinski definition) is 3. The second-order valence-corrected chi connectivity index (χ2v) is 4.73. The number of nitrogens with one attached hydrogen (secondary N) is 2. The highest BCUT2D eigenvalue weighted by Crippen LogP contribution is 2.07. The van der Waals surface area contributed by atoms with E-state index in [2.05, 4.69) is 10.6 Å². The van der Waals surface area contributed by atoms with Crippen LogP contribution in [-0.4, -0.2) is 43.1 Å². The maximum absolute atomic E-state index is 11.9. The van der Waals surface area contributed by atoms with Crippen LogP contribution in [0.5, 0.6) is 0 Å². The Hall–Kier alpha value is -1.21. The first-order chi connectivity index (χ1) is 8.93. The lowest BCUT2D eigenvalue weighted by atomic mass is 10.0. The van der Waals surface area contributed by atoms with E-state index in [-0.39, 0.29) is 16.8 Å². The summed E-state index contributed by atoms with van der Waals surface area (Å²) in [5.74, 6) is -1.08. The molecule has 0 spiro atoms. The fourth-order valence-electron chi connectivity index (χ4n) is 1.50. The van der Waals surface area contributed by atoms with Crippen LogP contribution < -0.4 is 16.4 Å². The fraction of sp³-hybridized carbons (Fsp3) is 0.750. The highest BCUT2D eigenvalue weighted by Gasteiger charge is 2.23. The second-order valence-electron chi connectivity index (χ2n) is 4.26. The van der Waals surface area contributed by atoms with Crippen LogP contribution in [0.25, 0.3) is 0 Å². The number of hydrogen-bond acceptors (Lipinski definition) is 4. The summed E-state index contributed by atoms with van der Waals surface area (Å²) >= 11 is 4.86. The van der Waals surface area contributed by atoms with Crippen LogP contribution in [0, 0.1) is 5.92 Å².